The van der Waals surface area contributed by atoms with Crippen LogP contribution in [0.4, 0.5) is 0 Å². The Morgan fingerprint density at radius 2 is 1.75 bits per heavy atom. The molecular formula is C17H17BrOS. The van der Waals surface area contributed by atoms with Crippen LogP contribution in [0, 0.1) is 0 Å². The largest absolute Gasteiger partial charge is 0.288 e. The van der Waals surface area contributed by atoms with Gasteiger partial charge in [-0.15, -0.1) is 11.3 Å². The average molecular weight is 349 g/mol. The Hall–Kier alpha value is -1.19. The van der Waals surface area contributed by atoms with Gasteiger partial charge in [0.2, 0.25) is 0 Å². The lowest BCUT2D eigenvalue weighted by molar-refractivity contribution is 0.105. The van der Waals surface area contributed by atoms with E-state index in [0.29, 0.717) is 0 Å². The summed E-state index contributed by atoms with van der Waals surface area (Å²) in [5.74, 6) is 0.0422. The smallest absolute Gasteiger partial charge is 0.195 e. The van der Waals surface area contributed by atoms with Gasteiger partial charge in [-0.05, 0) is 50.7 Å². The number of hydrogen-bond acceptors (Lipinski definition) is 2. The summed E-state index contributed by atoms with van der Waals surface area (Å²) in [7, 11) is 0. The van der Waals surface area contributed by atoms with E-state index in [1.54, 1.807) is 6.08 Å². The summed E-state index contributed by atoms with van der Waals surface area (Å²) < 4.78 is 0.976. The molecule has 0 fully saturated rings. The van der Waals surface area contributed by atoms with Crippen LogP contribution in [0.5, 0.6) is 0 Å². The minimum atomic E-state index is 0.0422. The Labute approximate surface area is 132 Å². The molecule has 0 saturated carbocycles. The summed E-state index contributed by atoms with van der Waals surface area (Å²) in [5, 5.41) is 0. The molecule has 0 radical (unpaired) electrons. The molecule has 0 atom stereocenters. The van der Waals surface area contributed by atoms with E-state index in [-0.39, 0.29) is 11.2 Å². The van der Waals surface area contributed by atoms with Gasteiger partial charge in [0.05, 0.1) is 8.66 Å². The minimum Gasteiger partial charge on any atom is -0.288 e. The molecule has 2 rings (SSSR count). The van der Waals surface area contributed by atoms with Crippen LogP contribution in [-0.4, -0.2) is 5.78 Å². The van der Waals surface area contributed by atoms with Crippen molar-refractivity contribution in [3.63, 3.8) is 0 Å². The van der Waals surface area contributed by atoms with Gasteiger partial charge in [0.1, 0.15) is 0 Å². The molecule has 3 heteroatoms. The molecule has 0 unspecified atom stereocenters. The fraction of sp³-hybridized carbons (Fsp3) is 0.235. The molecule has 0 spiro atoms. The molecule has 2 aromatic rings. The topological polar surface area (TPSA) is 17.1 Å². The number of halogens is 1. The molecule has 0 aliphatic rings. The fourth-order valence-electron chi connectivity index (χ4n) is 1.79. The number of rotatable bonds is 3. The first-order chi connectivity index (χ1) is 9.36. The van der Waals surface area contributed by atoms with E-state index in [4.69, 9.17) is 0 Å². The van der Waals surface area contributed by atoms with Crippen LogP contribution in [0.15, 0.2) is 46.3 Å². The fourth-order valence-corrected chi connectivity index (χ4v) is 3.10. The van der Waals surface area contributed by atoms with Crippen LogP contribution in [0.25, 0.3) is 6.08 Å². The van der Waals surface area contributed by atoms with Crippen LogP contribution in [-0.2, 0) is 5.41 Å². The normalized spacial score (nSPS) is 12.0. The van der Waals surface area contributed by atoms with E-state index in [1.807, 2.05) is 18.2 Å². The number of allylic oxidation sites excluding steroid dienone is 1. The second kappa shape index (κ2) is 6.06. The van der Waals surface area contributed by atoms with Crippen molar-refractivity contribution in [2.24, 2.45) is 0 Å². The van der Waals surface area contributed by atoms with Crippen LogP contribution in [0.1, 0.15) is 41.6 Å². The maximum atomic E-state index is 12.0. The number of ketones is 1. The van der Waals surface area contributed by atoms with Gasteiger partial charge >= 0.3 is 0 Å². The Bertz CT molecular complexity index is 630. The number of carbonyl (C=O) groups is 1. The first kappa shape index (κ1) is 15.2. The highest BCUT2D eigenvalue weighted by Gasteiger charge is 2.12. The van der Waals surface area contributed by atoms with Crippen molar-refractivity contribution >= 4 is 39.1 Å². The van der Waals surface area contributed by atoms with Crippen molar-refractivity contribution in [1.29, 1.82) is 0 Å². The summed E-state index contributed by atoms with van der Waals surface area (Å²) in [6.45, 7) is 6.57. The quantitative estimate of drug-likeness (QED) is 0.513. The summed E-state index contributed by atoms with van der Waals surface area (Å²) >= 11 is 4.82. The zero-order valence-electron chi connectivity index (χ0n) is 11.8. The first-order valence-corrected chi connectivity index (χ1v) is 8.05. The highest BCUT2D eigenvalue weighted by molar-refractivity contribution is 9.11. The van der Waals surface area contributed by atoms with Gasteiger partial charge in [0.25, 0.3) is 0 Å². The molecule has 0 saturated heterocycles. The lowest BCUT2D eigenvalue weighted by Gasteiger charge is -2.18. The van der Waals surface area contributed by atoms with Crippen molar-refractivity contribution in [3.8, 4) is 0 Å². The molecule has 104 valence electrons. The highest BCUT2D eigenvalue weighted by Crippen LogP contribution is 2.24. The van der Waals surface area contributed by atoms with Gasteiger partial charge in [0, 0.05) is 0 Å². The molecule has 1 nitrogen and oxygen atoms in total. The third-order valence-corrected chi connectivity index (χ3v) is 4.66. The third-order valence-electron chi connectivity index (χ3n) is 3.02. The molecule has 20 heavy (non-hydrogen) atoms. The van der Waals surface area contributed by atoms with Crippen molar-refractivity contribution < 1.29 is 4.79 Å². The number of hydrogen-bond donors (Lipinski definition) is 0. The standard InChI is InChI=1S/C17H17BrOS/c1-17(2,3)13-7-4-12(5-8-13)6-9-14(19)15-10-11-16(18)20-15/h4-11H,1-3H3/b9-6+. The Balaban J connectivity index is 2.10. The van der Waals surface area contributed by atoms with E-state index in [9.17, 15) is 4.79 Å². The molecule has 1 heterocycles. The van der Waals surface area contributed by atoms with Gasteiger partial charge in [-0.1, -0.05) is 51.1 Å². The second-order valence-electron chi connectivity index (χ2n) is 5.67. The predicted octanol–water partition coefficient (Wildman–Crippen LogP) is 5.70. The molecule has 1 aromatic heterocycles. The van der Waals surface area contributed by atoms with Crippen molar-refractivity contribution in [2.75, 3.05) is 0 Å². The van der Waals surface area contributed by atoms with Crippen molar-refractivity contribution in [2.45, 2.75) is 26.2 Å². The highest BCUT2D eigenvalue weighted by atomic mass is 79.9. The molecule has 0 bridgehead atoms. The van der Waals surface area contributed by atoms with E-state index in [2.05, 4.69) is 61.0 Å². The SMILES string of the molecule is CC(C)(C)c1ccc(/C=C/C(=O)c2ccc(Br)s2)cc1. The molecular weight excluding hydrogens is 332 g/mol. The Morgan fingerprint density at radius 1 is 1.10 bits per heavy atom. The lowest BCUT2D eigenvalue weighted by atomic mass is 9.87. The summed E-state index contributed by atoms with van der Waals surface area (Å²) in [4.78, 5) is 12.7. The zero-order chi connectivity index (χ0) is 14.8. The number of carbonyl (C=O) groups excluding carboxylic acids is 1. The van der Waals surface area contributed by atoms with E-state index in [0.717, 1.165) is 14.2 Å². The Kier molecular flexibility index (Phi) is 4.61. The van der Waals surface area contributed by atoms with Crippen LogP contribution in [0.3, 0.4) is 0 Å². The van der Waals surface area contributed by atoms with Crippen LogP contribution in [0.2, 0.25) is 0 Å². The maximum absolute atomic E-state index is 12.0. The Morgan fingerprint density at radius 3 is 2.25 bits per heavy atom. The molecule has 0 aliphatic heterocycles. The average Bonchev–Trinajstić information content (AvgIpc) is 2.82. The van der Waals surface area contributed by atoms with E-state index < -0.39 is 0 Å². The van der Waals surface area contributed by atoms with E-state index in [1.165, 1.54) is 16.9 Å². The maximum Gasteiger partial charge on any atom is 0.195 e. The van der Waals surface area contributed by atoms with Crippen molar-refractivity contribution in [1.82, 2.24) is 0 Å². The van der Waals surface area contributed by atoms with Gasteiger partial charge < -0.3 is 0 Å². The monoisotopic (exact) mass is 348 g/mol. The van der Waals surface area contributed by atoms with Crippen LogP contribution >= 0.6 is 27.3 Å². The van der Waals surface area contributed by atoms with Gasteiger partial charge in [-0.2, -0.15) is 0 Å². The molecule has 1 aromatic carbocycles. The van der Waals surface area contributed by atoms with Crippen LogP contribution < -0.4 is 0 Å². The van der Waals surface area contributed by atoms with Gasteiger partial charge in [-0.3, -0.25) is 4.79 Å². The molecule has 0 amide bonds. The first-order valence-electron chi connectivity index (χ1n) is 6.44. The molecule has 0 aliphatic carbocycles. The summed E-state index contributed by atoms with van der Waals surface area (Å²) in [5.41, 5.74) is 2.49. The molecule has 0 N–H and O–H groups in total. The van der Waals surface area contributed by atoms with Gasteiger partial charge in [-0.25, -0.2) is 0 Å². The van der Waals surface area contributed by atoms with Crippen molar-refractivity contribution in [3.05, 3.63) is 62.3 Å². The summed E-state index contributed by atoms with van der Waals surface area (Å²) in [6.07, 6.45) is 3.49. The zero-order valence-corrected chi connectivity index (χ0v) is 14.2. The number of thiophene rings is 1. The lowest BCUT2D eigenvalue weighted by Crippen LogP contribution is -2.10. The predicted molar refractivity (Wildman–Crippen MR) is 90.5 cm³/mol. The van der Waals surface area contributed by atoms with E-state index >= 15 is 0 Å². The number of benzene rings is 1. The summed E-state index contributed by atoms with van der Waals surface area (Å²) in [6, 6.07) is 12.1. The van der Waals surface area contributed by atoms with Gasteiger partial charge in [0.15, 0.2) is 5.78 Å². The second-order valence-corrected chi connectivity index (χ2v) is 8.14. The minimum absolute atomic E-state index is 0.0422. The third kappa shape index (κ3) is 3.90.